The number of sulfone groups is 1. The number of carbonyl (C=O) groups is 1. The van der Waals surface area contributed by atoms with Crippen molar-refractivity contribution in [3.63, 3.8) is 0 Å². The normalized spacial score (nSPS) is 17.3. The van der Waals surface area contributed by atoms with Gasteiger partial charge in [0.25, 0.3) is 11.8 Å². The Balaban J connectivity index is 1.48. The number of rotatable bonds is 6. The van der Waals surface area contributed by atoms with E-state index in [9.17, 15) is 26.4 Å². The van der Waals surface area contributed by atoms with Gasteiger partial charge in [-0.15, -0.1) is 0 Å². The number of hydrogen-bond donors (Lipinski definition) is 1. The molecule has 0 unspecified atom stereocenters. The van der Waals surface area contributed by atoms with E-state index in [-0.39, 0.29) is 34.6 Å². The van der Waals surface area contributed by atoms with E-state index in [0.717, 1.165) is 0 Å². The number of halogens is 3. The minimum absolute atomic E-state index is 0.0117. The zero-order valence-corrected chi connectivity index (χ0v) is 18.8. The Morgan fingerprint density at radius 3 is 2.65 bits per heavy atom. The lowest BCUT2D eigenvalue weighted by molar-refractivity contribution is -0.153. The standard InChI is InChI=1S/C21H21F3N4O5S/c1-20(6-9-34(30,31)10-7-20)27-18(29)15-12-28-11-14(4-5-17(28)26-15)33-19-16(3-2-8-25-19)32-13-21(22,23)24/h2-5,8,11-12H,6-7,9-10,13H2,1H3,(H,27,29). The van der Waals surface area contributed by atoms with Gasteiger partial charge in [-0.05, 0) is 44.0 Å². The summed E-state index contributed by atoms with van der Waals surface area (Å²) in [6.07, 6.45) is 0.439. The first kappa shape index (κ1) is 23.8. The highest BCUT2D eigenvalue weighted by Crippen LogP contribution is 2.30. The van der Waals surface area contributed by atoms with Crippen LogP contribution in [0.25, 0.3) is 5.65 Å². The first-order chi connectivity index (χ1) is 15.9. The topological polar surface area (TPSA) is 112 Å². The minimum atomic E-state index is -4.51. The molecule has 4 rings (SSSR count). The Labute approximate surface area is 192 Å². The van der Waals surface area contributed by atoms with Crippen molar-refractivity contribution in [3.05, 3.63) is 48.5 Å². The fraction of sp³-hybridized carbons (Fsp3) is 0.381. The van der Waals surface area contributed by atoms with Crippen molar-refractivity contribution >= 4 is 21.4 Å². The molecule has 1 aliphatic heterocycles. The average molecular weight is 498 g/mol. The summed E-state index contributed by atoms with van der Waals surface area (Å²) in [5, 5.41) is 2.87. The fourth-order valence-corrected chi connectivity index (χ4v) is 5.15. The number of amides is 1. The maximum Gasteiger partial charge on any atom is 0.422 e. The van der Waals surface area contributed by atoms with E-state index in [0.29, 0.717) is 18.5 Å². The summed E-state index contributed by atoms with van der Waals surface area (Å²) in [6, 6.07) is 5.83. The number of nitrogens with zero attached hydrogens (tertiary/aromatic N) is 3. The fourth-order valence-electron chi connectivity index (χ4n) is 3.43. The van der Waals surface area contributed by atoms with Crippen LogP contribution in [-0.4, -0.2) is 58.5 Å². The van der Waals surface area contributed by atoms with E-state index in [2.05, 4.69) is 15.3 Å². The summed E-state index contributed by atoms with van der Waals surface area (Å²) in [7, 11) is -3.07. The van der Waals surface area contributed by atoms with E-state index < -0.39 is 34.1 Å². The Morgan fingerprint density at radius 2 is 1.94 bits per heavy atom. The number of imidazole rings is 1. The Kier molecular flexibility index (Phi) is 6.14. The van der Waals surface area contributed by atoms with E-state index in [1.165, 1.54) is 41.2 Å². The molecule has 1 aliphatic rings. The number of hydrogen-bond acceptors (Lipinski definition) is 7. The summed E-state index contributed by atoms with van der Waals surface area (Å²) >= 11 is 0. The highest BCUT2D eigenvalue weighted by molar-refractivity contribution is 7.91. The molecule has 0 spiro atoms. The lowest BCUT2D eigenvalue weighted by atomic mass is 9.95. The smallest absolute Gasteiger partial charge is 0.422 e. The van der Waals surface area contributed by atoms with E-state index in [1.54, 1.807) is 13.0 Å². The van der Waals surface area contributed by atoms with Crippen LogP contribution in [0, 0.1) is 0 Å². The van der Waals surface area contributed by atoms with Crippen LogP contribution in [0.15, 0.2) is 42.9 Å². The van der Waals surface area contributed by atoms with Crippen molar-refractivity contribution in [2.75, 3.05) is 18.1 Å². The highest BCUT2D eigenvalue weighted by Gasteiger charge is 2.35. The monoisotopic (exact) mass is 498 g/mol. The molecule has 4 heterocycles. The Morgan fingerprint density at radius 1 is 1.21 bits per heavy atom. The molecule has 0 aliphatic carbocycles. The zero-order valence-electron chi connectivity index (χ0n) is 18.0. The second kappa shape index (κ2) is 8.78. The maximum absolute atomic E-state index is 12.7. The van der Waals surface area contributed by atoms with Crippen LogP contribution >= 0.6 is 0 Å². The lowest BCUT2D eigenvalue weighted by Gasteiger charge is -2.34. The molecule has 13 heteroatoms. The average Bonchev–Trinajstić information content (AvgIpc) is 3.19. The summed E-state index contributed by atoms with van der Waals surface area (Å²) < 4.78 is 72.7. The van der Waals surface area contributed by atoms with Gasteiger partial charge in [0.1, 0.15) is 26.9 Å². The molecule has 9 nitrogen and oxygen atoms in total. The molecular weight excluding hydrogens is 477 g/mol. The number of alkyl halides is 3. The zero-order chi connectivity index (χ0) is 24.6. The molecule has 3 aromatic rings. The van der Waals surface area contributed by atoms with Crippen molar-refractivity contribution in [1.29, 1.82) is 0 Å². The molecule has 0 atom stereocenters. The van der Waals surface area contributed by atoms with Gasteiger partial charge < -0.3 is 19.2 Å². The Bertz CT molecular complexity index is 1310. The van der Waals surface area contributed by atoms with Gasteiger partial charge in [0, 0.05) is 17.9 Å². The van der Waals surface area contributed by atoms with Gasteiger partial charge in [0.15, 0.2) is 12.4 Å². The SMILES string of the molecule is CC1(NC(=O)c2cn3cc(Oc4ncccc4OCC(F)(F)F)ccc3n2)CCS(=O)(=O)CC1. The van der Waals surface area contributed by atoms with Gasteiger partial charge in [-0.3, -0.25) is 4.79 Å². The molecule has 34 heavy (non-hydrogen) atoms. The second-order valence-corrected chi connectivity index (χ2v) is 10.5. The van der Waals surface area contributed by atoms with E-state index >= 15 is 0 Å². The highest BCUT2D eigenvalue weighted by atomic mass is 32.2. The third kappa shape index (κ3) is 5.76. The molecule has 0 bridgehead atoms. The molecule has 1 amide bonds. The van der Waals surface area contributed by atoms with Gasteiger partial charge in [-0.2, -0.15) is 13.2 Å². The van der Waals surface area contributed by atoms with Gasteiger partial charge in [0.2, 0.25) is 0 Å². The number of nitrogens with one attached hydrogen (secondary N) is 1. The number of carbonyl (C=O) groups excluding carboxylic acids is 1. The number of pyridine rings is 2. The number of fused-ring (bicyclic) bond motifs is 1. The molecule has 1 N–H and O–H groups in total. The molecule has 1 fully saturated rings. The molecular formula is C21H21F3N4O5S. The van der Waals surface area contributed by atoms with Gasteiger partial charge >= 0.3 is 6.18 Å². The predicted octanol–water partition coefficient (Wildman–Crippen LogP) is 3.16. The second-order valence-electron chi connectivity index (χ2n) is 8.24. The quantitative estimate of drug-likeness (QED) is 0.556. The van der Waals surface area contributed by atoms with Crippen LogP contribution in [0.2, 0.25) is 0 Å². The molecule has 182 valence electrons. The minimum Gasteiger partial charge on any atom is -0.478 e. The van der Waals surface area contributed by atoms with Crippen LogP contribution in [0.4, 0.5) is 13.2 Å². The molecule has 1 saturated heterocycles. The first-order valence-electron chi connectivity index (χ1n) is 10.3. The largest absolute Gasteiger partial charge is 0.478 e. The van der Waals surface area contributed by atoms with E-state index in [1.807, 2.05) is 0 Å². The van der Waals surface area contributed by atoms with Crippen LogP contribution in [0.5, 0.6) is 17.4 Å². The molecule has 0 radical (unpaired) electrons. The van der Waals surface area contributed by atoms with Gasteiger partial charge in [0.05, 0.1) is 17.7 Å². The predicted molar refractivity (Wildman–Crippen MR) is 115 cm³/mol. The third-order valence-electron chi connectivity index (χ3n) is 5.34. The summed E-state index contributed by atoms with van der Waals surface area (Å²) in [6.45, 7) is 0.311. The number of aromatic nitrogens is 3. The van der Waals surface area contributed by atoms with Crippen molar-refractivity contribution < 1.29 is 35.9 Å². The van der Waals surface area contributed by atoms with Crippen LogP contribution in [0.3, 0.4) is 0 Å². The summed E-state index contributed by atoms with van der Waals surface area (Å²) in [5.41, 5.74) is -0.0968. The maximum atomic E-state index is 12.7. The van der Waals surface area contributed by atoms with Crippen molar-refractivity contribution in [2.45, 2.75) is 31.5 Å². The summed E-state index contributed by atoms with van der Waals surface area (Å²) in [5.74, 6) is -0.509. The van der Waals surface area contributed by atoms with Crippen LogP contribution in [0.1, 0.15) is 30.3 Å². The van der Waals surface area contributed by atoms with Gasteiger partial charge in [-0.25, -0.2) is 18.4 Å². The van der Waals surface area contributed by atoms with Crippen molar-refractivity contribution in [2.24, 2.45) is 0 Å². The van der Waals surface area contributed by atoms with E-state index in [4.69, 9.17) is 9.47 Å². The van der Waals surface area contributed by atoms with Crippen LogP contribution in [-0.2, 0) is 9.84 Å². The molecule has 0 aromatic carbocycles. The number of ether oxygens (including phenoxy) is 2. The molecule has 0 saturated carbocycles. The van der Waals surface area contributed by atoms with Gasteiger partial charge in [-0.1, -0.05) is 0 Å². The molecule has 3 aromatic heterocycles. The van der Waals surface area contributed by atoms with Crippen LogP contribution < -0.4 is 14.8 Å². The third-order valence-corrected chi connectivity index (χ3v) is 7.00. The lowest BCUT2D eigenvalue weighted by Crippen LogP contribution is -2.51. The Hall–Kier alpha value is -3.35. The van der Waals surface area contributed by atoms with Crippen molar-refractivity contribution in [3.8, 4) is 17.4 Å². The first-order valence-corrected chi connectivity index (χ1v) is 12.1. The summed E-state index contributed by atoms with van der Waals surface area (Å²) in [4.78, 5) is 20.9. The van der Waals surface area contributed by atoms with Crippen molar-refractivity contribution in [1.82, 2.24) is 19.7 Å².